The van der Waals surface area contributed by atoms with E-state index < -0.39 is 0 Å². The average Bonchev–Trinajstić information content (AvgIpc) is 3.26. The molecule has 0 spiro atoms. The third-order valence-electron chi connectivity index (χ3n) is 4.79. The van der Waals surface area contributed by atoms with Gasteiger partial charge in [0.15, 0.2) is 5.78 Å². The van der Waals surface area contributed by atoms with Crippen molar-refractivity contribution in [2.45, 2.75) is 51.0 Å². The van der Waals surface area contributed by atoms with E-state index in [-0.39, 0.29) is 11.7 Å². The number of aryl methyl sites for hydroxylation is 1. The summed E-state index contributed by atoms with van der Waals surface area (Å²) in [5.41, 5.74) is 1.43. The maximum atomic E-state index is 12.5. The van der Waals surface area contributed by atoms with Gasteiger partial charge in [-0.2, -0.15) is 0 Å². The molecule has 3 heterocycles. The lowest BCUT2D eigenvalue weighted by atomic mass is 9.89. The van der Waals surface area contributed by atoms with Crippen molar-refractivity contribution in [3.63, 3.8) is 0 Å². The van der Waals surface area contributed by atoms with Crippen LogP contribution in [0.25, 0.3) is 10.2 Å². The number of carbonyl (C=O) groups is 1. The Morgan fingerprint density at radius 3 is 2.96 bits per heavy atom. The summed E-state index contributed by atoms with van der Waals surface area (Å²) < 4.78 is 0. The fourth-order valence-electron chi connectivity index (χ4n) is 3.33. The Morgan fingerprint density at radius 2 is 2.23 bits per heavy atom. The quantitative estimate of drug-likeness (QED) is 0.299. The molecule has 0 aromatic carbocycles. The summed E-state index contributed by atoms with van der Waals surface area (Å²) in [6.07, 6.45) is 3.47. The van der Waals surface area contributed by atoms with Crippen LogP contribution in [0.3, 0.4) is 0 Å². The number of aromatic nitrogens is 2. The van der Waals surface area contributed by atoms with E-state index in [1.165, 1.54) is 33.6 Å². The molecular weight excluding hydrogens is 380 g/mol. The zero-order valence-corrected chi connectivity index (χ0v) is 17.7. The molecule has 0 N–H and O–H groups in total. The molecular formula is C20H22N2OS3. The second-order valence-corrected chi connectivity index (χ2v) is 10.3. The van der Waals surface area contributed by atoms with Gasteiger partial charge in [-0.15, -0.1) is 22.7 Å². The van der Waals surface area contributed by atoms with Gasteiger partial charge in [0.25, 0.3) is 0 Å². The van der Waals surface area contributed by atoms with Crippen LogP contribution in [-0.2, 0) is 12.8 Å². The van der Waals surface area contributed by atoms with Crippen LogP contribution >= 0.6 is 34.4 Å². The first-order valence-corrected chi connectivity index (χ1v) is 11.7. The number of thioether (sulfide) groups is 1. The number of Topliss-reactive ketones (excluding diaryl/α,β-unsaturated/α-hetero) is 1. The Balaban J connectivity index is 1.72. The molecule has 0 fully saturated rings. The van der Waals surface area contributed by atoms with Gasteiger partial charge >= 0.3 is 0 Å². The van der Waals surface area contributed by atoms with E-state index in [1.807, 2.05) is 28.8 Å². The Morgan fingerprint density at radius 1 is 1.38 bits per heavy atom. The van der Waals surface area contributed by atoms with E-state index in [1.54, 1.807) is 11.8 Å². The summed E-state index contributed by atoms with van der Waals surface area (Å²) >= 11 is 4.92. The fourth-order valence-corrected chi connectivity index (χ4v) is 6.49. The summed E-state index contributed by atoms with van der Waals surface area (Å²) in [5.74, 6) is 2.52. The van der Waals surface area contributed by atoms with E-state index in [4.69, 9.17) is 9.97 Å². The van der Waals surface area contributed by atoms with Crippen molar-refractivity contribution in [2.75, 3.05) is 5.75 Å². The maximum absolute atomic E-state index is 12.5. The van der Waals surface area contributed by atoms with E-state index in [0.29, 0.717) is 5.75 Å². The molecule has 6 heteroatoms. The molecule has 0 radical (unpaired) electrons. The molecule has 136 valence electrons. The topological polar surface area (TPSA) is 42.9 Å². The summed E-state index contributed by atoms with van der Waals surface area (Å²) in [6.45, 7) is 6.58. The molecule has 3 nitrogen and oxygen atoms in total. The summed E-state index contributed by atoms with van der Waals surface area (Å²) in [4.78, 5) is 25.6. The Kier molecular flexibility index (Phi) is 5.17. The lowest BCUT2D eigenvalue weighted by molar-refractivity contribution is 0.102. The molecule has 1 atom stereocenters. The van der Waals surface area contributed by atoms with Crippen LogP contribution in [0.4, 0.5) is 0 Å². The van der Waals surface area contributed by atoms with Crippen molar-refractivity contribution in [1.82, 2.24) is 9.97 Å². The van der Waals surface area contributed by atoms with Crippen molar-refractivity contribution in [1.29, 1.82) is 0 Å². The molecule has 0 saturated carbocycles. The summed E-state index contributed by atoms with van der Waals surface area (Å²) in [6, 6.07) is 3.83. The highest BCUT2D eigenvalue weighted by atomic mass is 32.2. The van der Waals surface area contributed by atoms with Gasteiger partial charge in [0.05, 0.1) is 10.6 Å². The highest BCUT2D eigenvalue weighted by Crippen LogP contribution is 2.41. The highest BCUT2D eigenvalue weighted by molar-refractivity contribution is 8.00. The number of ketones is 1. The number of carbonyl (C=O) groups excluding carboxylic acids is 1. The van der Waals surface area contributed by atoms with E-state index in [2.05, 4.69) is 20.8 Å². The van der Waals surface area contributed by atoms with Gasteiger partial charge in [0.1, 0.15) is 15.7 Å². The fraction of sp³-hybridized carbons (Fsp3) is 0.450. The van der Waals surface area contributed by atoms with Crippen LogP contribution < -0.4 is 0 Å². The molecule has 3 aromatic rings. The largest absolute Gasteiger partial charge is 0.292 e. The number of rotatable bonds is 5. The van der Waals surface area contributed by atoms with Gasteiger partial charge < -0.3 is 0 Å². The van der Waals surface area contributed by atoms with Gasteiger partial charge in [-0.1, -0.05) is 38.6 Å². The van der Waals surface area contributed by atoms with Crippen LogP contribution in [0.5, 0.6) is 0 Å². The highest BCUT2D eigenvalue weighted by Gasteiger charge is 2.25. The third kappa shape index (κ3) is 3.47. The van der Waals surface area contributed by atoms with Crippen molar-refractivity contribution >= 4 is 50.4 Å². The summed E-state index contributed by atoms with van der Waals surface area (Å²) in [7, 11) is 0. The number of nitrogens with zero attached hydrogens (tertiary/aromatic N) is 2. The predicted octanol–water partition coefficient (Wildman–Crippen LogP) is 5.98. The Labute approximate surface area is 166 Å². The number of hydrogen-bond acceptors (Lipinski definition) is 6. The van der Waals surface area contributed by atoms with Gasteiger partial charge in [0.2, 0.25) is 0 Å². The number of fused-ring (bicyclic) bond motifs is 3. The predicted molar refractivity (Wildman–Crippen MR) is 112 cm³/mol. The van der Waals surface area contributed by atoms with Crippen LogP contribution in [0.15, 0.2) is 22.5 Å². The molecule has 0 aliphatic heterocycles. The van der Waals surface area contributed by atoms with Crippen molar-refractivity contribution in [3.8, 4) is 0 Å². The zero-order valence-electron chi connectivity index (χ0n) is 15.2. The third-order valence-corrected chi connectivity index (χ3v) is 7.83. The van der Waals surface area contributed by atoms with Crippen LogP contribution in [0.2, 0.25) is 0 Å². The minimum absolute atomic E-state index is 0.181. The van der Waals surface area contributed by atoms with Crippen LogP contribution in [-0.4, -0.2) is 21.5 Å². The zero-order chi connectivity index (χ0) is 18.3. The smallest absolute Gasteiger partial charge is 0.183 e. The van der Waals surface area contributed by atoms with Gasteiger partial charge in [-0.25, -0.2) is 9.97 Å². The standard InChI is InChI=1S/C20H22N2OS3/c1-11(2)18-21-19(25-10-14(23)15-5-4-8-24-15)17-13-7-6-12(3)9-16(13)26-20(17)22-18/h4-5,8,11-12H,6-7,9-10H2,1-3H3. The monoisotopic (exact) mass is 402 g/mol. The minimum Gasteiger partial charge on any atom is -0.292 e. The van der Waals surface area contributed by atoms with Crippen molar-refractivity contribution in [3.05, 3.63) is 38.7 Å². The molecule has 1 aliphatic rings. The molecule has 26 heavy (non-hydrogen) atoms. The first-order chi connectivity index (χ1) is 12.5. The Bertz CT molecular complexity index is 944. The molecule has 0 bridgehead atoms. The maximum Gasteiger partial charge on any atom is 0.183 e. The van der Waals surface area contributed by atoms with E-state index >= 15 is 0 Å². The summed E-state index contributed by atoms with van der Waals surface area (Å²) in [5, 5.41) is 4.16. The lowest BCUT2D eigenvalue weighted by Gasteiger charge is -2.18. The van der Waals surface area contributed by atoms with Gasteiger partial charge in [-0.3, -0.25) is 4.79 Å². The Hall–Kier alpha value is -1.24. The first kappa shape index (κ1) is 18.1. The molecule has 0 saturated heterocycles. The number of hydrogen-bond donors (Lipinski definition) is 0. The van der Waals surface area contributed by atoms with Gasteiger partial charge in [0, 0.05) is 16.2 Å². The van der Waals surface area contributed by atoms with E-state index in [9.17, 15) is 4.79 Å². The molecule has 1 unspecified atom stereocenters. The van der Waals surface area contributed by atoms with Crippen molar-refractivity contribution < 1.29 is 4.79 Å². The molecule has 3 aromatic heterocycles. The number of thiophene rings is 2. The molecule has 1 aliphatic carbocycles. The average molecular weight is 403 g/mol. The van der Waals surface area contributed by atoms with E-state index in [0.717, 1.165) is 39.3 Å². The SMILES string of the molecule is CC1CCc2c(sc3nc(C(C)C)nc(SCC(=O)c4cccs4)c23)C1. The van der Waals surface area contributed by atoms with Gasteiger partial charge in [-0.05, 0) is 42.2 Å². The first-order valence-electron chi connectivity index (χ1n) is 9.04. The minimum atomic E-state index is 0.181. The lowest BCUT2D eigenvalue weighted by Crippen LogP contribution is -2.09. The normalized spacial score (nSPS) is 17.0. The second kappa shape index (κ2) is 7.41. The van der Waals surface area contributed by atoms with Crippen LogP contribution in [0.1, 0.15) is 59.0 Å². The molecule has 4 rings (SSSR count). The van der Waals surface area contributed by atoms with Crippen molar-refractivity contribution in [2.24, 2.45) is 5.92 Å². The second-order valence-electron chi connectivity index (χ2n) is 7.26. The molecule has 0 amide bonds. The van der Waals surface area contributed by atoms with Crippen LogP contribution in [0, 0.1) is 5.92 Å².